The van der Waals surface area contributed by atoms with Crippen molar-refractivity contribution in [2.75, 3.05) is 13.1 Å². The monoisotopic (exact) mass is 250 g/mol. The lowest BCUT2D eigenvalue weighted by molar-refractivity contribution is 0.287. The summed E-state index contributed by atoms with van der Waals surface area (Å²) in [5.74, 6) is 0. The predicted molar refractivity (Wildman–Crippen MR) is 60.2 cm³/mol. The van der Waals surface area contributed by atoms with E-state index in [-0.39, 0.29) is 5.54 Å². The lowest BCUT2D eigenvalue weighted by Crippen LogP contribution is -2.62. The Bertz CT molecular complexity index is 351. The van der Waals surface area contributed by atoms with Crippen molar-refractivity contribution in [2.24, 2.45) is 5.73 Å². The summed E-state index contributed by atoms with van der Waals surface area (Å²) in [4.78, 5) is 0. The van der Waals surface area contributed by atoms with Gasteiger partial charge < -0.3 is 11.1 Å². The topological polar surface area (TPSA) is 38.0 Å². The molecule has 0 saturated carbocycles. The number of halogens is 3. The minimum atomic E-state index is -0.349. The highest BCUT2D eigenvalue weighted by Gasteiger charge is 2.34. The third-order valence-electron chi connectivity index (χ3n) is 2.44. The van der Waals surface area contributed by atoms with Crippen molar-refractivity contribution in [1.29, 1.82) is 0 Å². The van der Waals surface area contributed by atoms with E-state index >= 15 is 0 Å². The van der Waals surface area contributed by atoms with Crippen molar-refractivity contribution < 1.29 is 0 Å². The van der Waals surface area contributed by atoms with Gasteiger partial charge in [0.15, 0.2) is 0 Å². The van der Waals surface area contributed by atoms with E-state index in [1.54, 1.807) is 12.1 Å². The molecule has 0 radical (unpaired) electrons. The lowest BCUT2D eigenvalue weighted by Gasteiger charge is -2.39. The maximum atomic E-state index is 6.09. The van der Waals surface area contributed by atoms with Gasteiger partial charge in [0.1, 0.15) is 0 Å². The fourth-order valence-electron chi connectivity index (χ4n) is 1.44. The second-order valence-electron chi connectivity index (χ2n) is 3.51. The Labute approximate surface area is 97.3 Å². The van der Waals surface area contributed by atoms with E-state index in [2.05, 4.69) is 5.32 Å². The zero-order valence-corrected chi connectivity index (χ0v) is 9.55. The van der Waals surface area contributed by atoms with Crippen LogP contribution in [-0.2, 0) is 5.54 Å². The van der Waals surface area contributed by atoms with Crippen LogP contribution in [0.1, 0.15) is 5.56 Å². The first-order valence-corrected chi connectivity index (χ1v) is 5.31. The number of benzene rings is 1. The van der Waals surface area contributed by atoms with Gasteiger partial charge in [0.05, 0.1) is 20.6 Å². The molecule has 0 aromatic heterocycles. The molecule has 0 unspecified atom stereocenters. The Morgan fingerprint density at radius 2 is 1.64 bits per heavy atom. The number of nitrogens with two attached hydrogens (primary N) is 1. The zero-order chi connectivity index (χ0) is 10.3. The molecule has 76 valence electrons. The van der Waals surface area contributed by atoms with Gasteiger partial charge >= 0.3 is 0 Å². The molecule has 1 heterocycles. The van der Waals surface area contributed by atoms with Crippen LogP contribution in [0.3, 0.4) is 0 Å². The summed E-state index contributed by atoms with van der Waals surface area (Å²) in [6, 6.07) is 3.55. The third kappa shape index (κ3) is 1.62. The van der Waals surface area contributed by atoms with E-state index in [1.807, 2.05) is 0 Å². The average Bonchev–Trinajstić information content (AvgIpc) is 2.09. The number of hydrogen-bond donors (Lipinski definition) is 2. The Balaban J connectivity index is 2.45. The molecule has 1 saturated heterocycles. The molecule has 3 N–H and O–H groups in total. The zero-order valence-electron chi connectivity index (χ0n) is 7.28. The van der Waals surface area contributed by atoms with Crippen molar-refractivity contribution in [2.45, 2.75) is 5.54 Å². The highest BCUT2D eigenvalue weighted by Crippen LogP contribution is 2.35. The summed E-state index contributed by atoms with van der Waals surface area (Å²) in [6.07, 6.45) is 0. The van der Waals surface area contributed by atoms with Crippen molar-refractivity contribution in [1.82, 2.24) is 5.32 Å². The van der Waals surface area contributed by atoms with E-state index in [0.29, 0.717) is 15.1 Å². The van der Waals surface area contributed by atoms with E-state index in [0.717, 1.165) is 18.7 Å². The molecule has 0 aliphatic carbocycles. The van der Waals surface area contributed by atoms with Gasteiger partial charge in [-0.15, -0.1) is 0 Å². The van der Waals surface area contributed by atoms with Crippen LogP contribution in [0, 0.1) is 0 Å². The van der Waals surface area contributed by atoms with Crippen LogP contribution in [0.4, 0.5) is 0 Å². The minimum Gasteiger partial charge on any atom is -0.319 e. The number of hydrogen-bond acceptors (Lipinski definition) is 2. The molecule has 0 bridgehead atoms. The predicted octanol–water partition coefficient (Wildman–Crippen LogP) is 2.40. The number of rotatable bonds is 1. The molecule has 1 aliphatic rings. The molecule has 2 nitrogen and oxygen atoms in total. The molecule has 1 aromatic rings. The Morgan fingerprint density at radius 1 is 1.14 bits per heavy atom. The number of nitrogens with one attached hydrogen (secondary N) is 1. The maximum Gasteiger partial charge on any atom is 0.0778 e. The van der Waals surface area contributed by atoms with Crippen molar-refractivity contribution >= 4 is 34.8 Å². The van der Waals surface area contributed by atoms with Crippen LogP contribution in [0.2, 0.25) is 15.1 Å². The summed E-state index contributed by atoms with van der Waals surface area (Å²) in [5.41, 5.74) is 6.67. The quantitative estimate of drug-likeness (QED) is 0.752. The van der Waals surface area contributed by atoms with Crippen LogP contribution in [0.25, 0.3) is 0 Å². The van der Waals surface area contributed by atoms with Crippen LogP contribution in [0.15, 0.2) is 12.1 Å². The van der Waals surface area contributed by atoms with Crippen LogP contribution >= 0.6 is 34.8 Å². The van der Waals surface area contributed by atoms with Crippen LogP contribution < -0.4 is 11.1 Å². The molecule has 0 spiro atoms. The lowest BCUT2D eigenvalue weighted by atomic mass is 9.85. The van der Waals surface area contributed by atoms with Crippen LogP contribution in [-0.4, -0.2) is 13.1 Å². The Hall–Kier alpha value is 0.01000. The summed E-state index contributed by atoms with van der Waals surface area (Å²) in [6.45, 7) is 1.47. The molecular formula is C9H9Cl3N2. The van der Waals surface area contributed by atoms with Gasteiger partial charge in [-0.1, -0.05) is 34.8 Å². The van der Waals surface area contributed by atoms with Crippen LogP contribution in [0.5, 0.6) is 0 Å². The normalized spacial score (nSPS) is 19.1. The SMILES string of the molecule is NC1(c2cc(Cl)c(Cl)c(Cl)c2)CNC1. The van der Waals surface area contributed by atoms with Crippen molar-refractivity contribution in [3.05, 3.63) is 32.8 Å². The fraction of sp³-hybridized carbons (Fsp3) is 0.333. The van der Waals surface area contributed by atoms with Gasteiger partial charge in [-0.05, 0) is 17.7 Å². The molecule has 1 aliphatic heterocycles. The van der Waals surface area contributed by atoms with Gasteiger partial charge in [0.25, 0.3) is 0 Å². The first-order valence-electron chi connectivity index (χ1n) is 4.17. The maximum absolute atomic E-state index is 6.09. The largest absolute Gasteiger partial charge is 0.319 e. The summed E-state index contributed by atoms with van der Waals surface area (Å²) in [5, 5.41) is 4.39. The van der Waals surface area contributed by atoms with Gasteiger partial charge in [0.2, 0.25) is 0 Å². The Morgan fingerprint density at radius 3 is 2.00 bits per heavy atom. The van der Waals surface area contributed by atoms with E-state index < -0.39 is 0 Å². The standard InChI is InChI=1S/C9H9Cl3N2/c10-6-1-5(2-7(11)8(6)12)9(13)3-14-4-9/h1-2,14H,3-4,13H2. The van der Waals surface area contributed by atoms with E-state index in [4.69, 9.17) is 40.5 Å². The second kappa shape index (κ2) is 3.54. The highest BCUT2D eigenvalue weighted by atomic mass is 35.5. The van der Waals surface area contributed by atoms with Gasteiger partial charge in [0, 0.05) is 13.1 Å². The Kier molecular flexibility index (Phi) is 2.66. The van der Waals surface area contributed by atoms with Gasteiger partial charge in [-0.25, -0.2) is 0 Å². The third-order valence-corrected chi connectivity index (χ3v) is 3.64. The molecule has 14 heavy (non-hydrogen) atoms. The molecule has 1 aromatic carbocycles. The molecule has 0 atom stereocenters. The molecular weight excluding hydrogens is 242 g/mol. The summed E-state index contributed by atoms with van der Waals surface area (Å²) >= 11 is 17.7. The first kappa shape index (κ1) is 10.5. The molecule has 5 heteroatoms. The highest BCUT2D eigenvalue weighted by molar-refractivity contribution is 6.48. The molecule has 0 amide bonds. The van der Waals surface area contributed by atoms with Gasteiger partial charge in [-0.3, -0.25) is 0 Å². The van der Waals surface area contributed by atoms with E-state index in [1.165, 1.54) is 0 Å². The van der Waals surface area contributed by atoms with Crippen molar-refractivity contribution in [3.8, 4) is 0 Å². The molecule has 1 fully saturated rings. The average molecular weight is 252 g/mol. The van der Waals surface area contributed by atoms with Crippen molar-refractivity contribution in [3.63, 3.8) is 0 Å². The smallest absolute Gasteiger partial charge is 0.0778 e. The summed E-state index contributed by atoms with van der Waals surface area (Å²) in [7, 11) is 0. The first-order chi connectivity index (χ1) is 6.53. The minimum absolute atomic E-state index is 0.349. The van der Waals surface area contributed by atoms with E-state index in [9.17, 15) is 0 Å². The fourth-order valence-corrected chi connectivity index (χ4v) is 2.04. The molecule has 2 rings (SSSR count). The summed E-state index contributed by atoms with van der Waals surface area (Å²) < 4.78 is 0. The van der Waals surface area contributed by atoms with Gasteiger partial charge in [-0.2, -0.15) is 0 Å². The second-order valence-corrected chi connectivity index (χ2v) is 4.71.